The van der Waals surface area contributed by atoms with Crippen molar-refractivity contribution in [2.24, 2.45) is 16.0 Å². The Morgan fingerprint density at radius 1 is 0.878 bits per heavy atom. The van der Waals surface area contributed by atoms with Gasteiger partial charge in [0, 0.05) is 16.6 Å². The van der Waals surface area contributed by atoms with Gasteiger partial charge in [0.05, 0.1) is 23.8 Å². The Balaban J connectivity index is 1.81. The van der Waals surface area contributed by atoms with Gasteiger partial charge in [-0.15, -0.1) is 10.2 Å². The van der Waals surface area contributed by atoms with E-state index in [1.54, 1.807) is 12.1 Å². The number of nitrogens with two attached hydrogens (primary N) is 1. The molecule has 0 unspecified atom stereocenters. The molecule has 0 bridgehead atoms. The predicted octanol–water partition coefficient (Wildman–Crippen LogP) is 7.36. The smallest absolute Gasteiger partial charge is 0.416 e. The van der Waals surface area contributed by atoms with Crippen LogP contribution in [0.4, 0.5) is 43.4 Å². The largest absolute Gasteiger partial charge is 0.505 e. The van der Waals surface area contributed by atoms with Crippen molar-refractivity contribution in [3.63, 3.8) is 0 Å². The Bertz CT molecular complexity index is 1670. The average molecular weight is 576 g/mol. The molecule has 4 aromatic carbocycles. The number of phenolic OH excluding ortho intramolecular Hbond substituents is 1. The summed E-state index contributed by atoms with van der Waals surface area (Å²) in [6.07, 6.45) is -10.3. The summed E-state index contributed by atoms with van der Waals surface area (Å²) in [4.78, 5) is 24.6. The summed E-state index contributed by atoms with van der Waals surface area (Å²) >= 11 is 0. The summed E-state index contributed by atoms with van der Waals surface area (Å²) in [7, 11) is 1.33. The number of azo groups is 1. The van der Waals surface area contributed by atoms with E-state index in [1.807, 2.05) is 5.32 Å². The fourth-order valence-corrected chi connectivity index (χ4v) is 3.84. The first-order valence-corrected chi connectivity index (χ1v) is 11.4. The van der Waals surface area contributed by atoms with Crippen molar-refractivity contribution in [1.82, 2.24) is 0 Å². The second-order valence-corrected chi connectivity index (χ2v) is 8.54. The quantitative estimate of drug-likeness (QED) is 0.164. The van der Waals surface area contributed by atoms with Crippen LogP contribution < -0.4 is 15.8 Å². The van der Waals surface area contributed by atoms with E-state index in [2.05, 4.69) is 10.2 Å². The highest BCUT2D eigenvalue weighted by Crippen LogP contribution is 2.41. The standard InChI is InChI=1S/C27H18F6N4O4/c1-41-21-7-6-14(24(34)39)9-20(21)36-37-22-18-5-3-2-4-13(18)8-19(23(22)38)25(40)35-17-11-15(26(28,29)30)10-16(12-17)27(31,32)33/h2-12,38H,1H3,(H2,34,39)(H,35,40). The van der Waals surface area contributed by atoms with Gasteiger partial charge in [-0.05, 0) is 47.9 Å². The van der Waals surface area contributed by atoms with E-state index in [4.69, 9.17) is 10.5 Å². The molecule has 0 atom stereocenters. The van der Waals surface area contributed by atoms with E-state index >= 15 is 0 Å². The highest BCUT2D eigenvalue weighted by molar-refractivity contribution is 6.11. The first kappa shape index (κ1) is 28.9. The number of halogens is 6. The third-order valence-corrected chi connectivity index (χ3v) is 5.81. The van der Waals surface area contributed by atoms with E-state index in [0.29, 0.717) is 22.9 Å². The fourth-order valence-electron chi connectivity index (χ4n) is 3.84. The summed E-state index contributed by atoms with van der Waals surface area (Å²) < 4.78 is 84.7. The number of primary amides is 1. The topological polar surface area (TPSA) is 126 Å². The molecule has 41 heavy (non-hydrogen) atoms. The number of aromatic hydroxyl groups is 1. The third-order valence-electron chi connectivity index (χ3n) is 5.81. The minimum atomic E-state index is -5.13. The number of hydrogen-bond donors (Lipinski definition) is 3. The van der Waals surface area contributed by atoms with Crippen molar-refractivity contribution in [1.29, 1.82) is 0 Å². The normalized spacial score (nSPS) is 12.1. The summed E-state index contributed by atoms with van der Waals surface area (Å²) in [5.74, 6) is -2.57. The number of carbonyl (C=O) groups excluding carboxylic acids is 2. The number of rotatable bonds is 6. The lowest BCUT2D eigenvalue weighted by molar-refractivity contribution is -0.143. The Morgan fingerprint density at radius 2 is 1.51 bits per heavy atom. The number of benzene rings is 4. The molecule has 0 aliphatic carbocycles. The van der Waals surface area contributed by atoms with Crippen molar-refractivity contribution >= 4 is 39.6 Å². The lowest BCUT2D eigenvalue weighted by Crippen LogP contribution is -2.16. The third kappa shape index (κ3) is 6.21. The van der Waals surface area contributed by atoms with Gasteiger partial charge in [-0.2, -0.15) is 26.3 Å². The maximum atomic E-state index is 13.3. The number of fused-ring (bicyclic) bond motifs is 1. The Morgan fingerprint density at radius 3 is 2.10 bits per heavy atom. The molecular weight excluding hydrogens is 558 g/mol. The van der Waals surface area contributed by atoms with Crippen molar-refractivity contribution in [2.75, 3.05) is 12.4 Å². The number of ether oxygens (including phenoxy) is 1. The zero-order valence-electron chi connectivity index (χ0n) is 20.8. The number of amides is 2. The number of nitrogens with zero attached hydrogens (tertiary/aromatic N) is 2. The Hall–Kier alpha value is -5.14. The van der Waals surface area contributed by atoms with Gasteiger partial charge in [0.25, 0.3) is 5.91 Å². The molecular formula is C27H18F6N4O4. The number of nitrogens with one attached hydrogen (secondary N) is 1. The lowest BCUT2D eigenvalue weighted by Gasteiger charge is -2.15. The molecule has 0 aliphatic rings. The molecule has 4 aromatic rings. The van der Waals surface area contributed by atoms with Crippen LogP contribution in [0.2, 0.25) is 0 Å². The maximum absolute atomic E-state index is 13.3. The Kier molecular flexibility index (Phi) is 7.59. The molecule has 0 fully saturated rings. The first-order valence-electron chi connectivity index (χ1n) is 11.4. The highest BCUT2D eigenvalue weighted by Gasteiger charge is 2.37. The van der Waals surface area contributed by atoms with Crippen molar-refractivity contribution in [3.8, 4) is 11.5 Å². The number of alkyl halides is 6. The minimum absolute atomic E-state index is 0.0331. The van der Waals surface area contributed by atoms with Gasteiger partial charge in [-0.1, -0.05) is 24.3 Å². The molecule has 0 aliphatic heterocycles. The zero-order chi connectivity index (χ0) is 30.1. The average Bonchev–Trinajstić information content (AvgIpc) is 2.90. The molecule has 212 valence electrons. The van der Waals surface area contributed by atoms with Crippen LogP contribution >= 0.6 is 0 Å². The van der Waals surface area contributed by atoms with Crippen LogP contribution in [0.3, 0.4) is 0 Å². The number of phenols is 1. The van der Waals surface area contributed by atoms with E-state index in [-0.39, 0.29) is 28.8 Å². The summed E-state index contributed by atoms with van der Waals surface area (Å²) in [6.45, 7) is 0. The van der Waals surface area contributed by atoms with Crippen LogP contribution in [-0.2, 0) is 12.4 Å². The van der Waals surface area contributed by atoms with Gasteiger partial charge in [0.2, 0.25) is 5.91 Å². The SMILES string of the molecule is COc1ccc(C(N)=O)cc1N=Nc1c(O)c(C(=O)Nc2cc(C(F)(F)F)cc(C(F)(F)F)c2)cc2ccccc12. The van der Waals surface area contributed by atoms with Crippen molar-refractivity contribution in [3.05, 3.63) is 89.0 Å². The van der Waals surface area contributed by atoms with E-state index in [0.717, 1.165) is 0 Å². The molecule has 4 rings (SSSR count). The van der Waals surface area contributed by atoms with E-state index in [1.165, 1.54) is 43.5 Å². The second kappa shape index (κ2) is 10.8. The molecule has 0 saturated heterocycles. The van der Waals surface area contributed by atoms with Crippen LogP contribution in [0.5, 0.6) is 11.5 Å². The summed E-state index contributed by atoms with van der Waals surface area (Å²) in [6, 6.07) is 12.1. The van der Waals surface area contributed by atoms with Crippen LogP contribution in [0.1, 0.15) is 31.8 Å². The van der Waals surface area contributed by atoms with Gasteiger partial charge in [-0.25, -0.2) is 0 Å². The van der Waals surface area contributed by atoms with Crippen LogP contribution in [0.15, 0.2) is 77.0 Å². The number of carbonyl (C=O) groups is 2. The monoisotopic (exact) mass is 576 g/mol. The number of hydrogen-bond acceptors (Lipinski definition) is 6. The zero-order valence-corrected chi connectivity index (χ0v) is 20.8. The van der Waals surface area contributed by atoms with Crippen LogP contribution in [0, 0.1) is 0 Å². The summed E-state index contributed by atoms with van der Waals surface area (Å²) in [5, 5.41) is 21.6. The lowest BCUT2D eigenvalue weighted by atomic mass is 10.0. The second-order valence-electron chi connectivity index (χ2n) is 8.54. The minimum Gasteiger partial charge on any atom is -0.505 e. The molecule has 0 saturated carbocycles. The van der Waals surface area contributed by atoms with Crippen LogP contribution in [-0.4, -0.2) is 24.0 Å². The molecule has 0 aromatic heterocycles. The molecule has 8 nitrogen and oxygen atoms in total. The molecule has 0 heterocycles. The highest BCUT2D eigenvalue weighted by atomic mass is 19.4. The first-order chi connectivity index (χ1) is 19.2. The Labute approximate surface area is 227 Å². The van der Waals surface area contributed by atoms with Gasteiger partial charge in [0.15, 0.2) is 5.75 Å². The van der Waals surface area contributed by atoms with Gasteiger partial charge >= 0.3 is 12.4 Å². The van der Waals surface area contributed by atoms with Gasteiger partial charge in [0.1, 0.15) is 17.1 Å². The molecule has 0 spiro atoms. The van der Waals surface area contributed by atoms with Crippen LogP contribution in [0.25, 0.3) is 10.8 Å². The fraction of sp³-hybridized carbons (Fsp3) is 0.111. The van der Waals surface area contributed by atoms with Crippen molar-refractivity contribution in [2.45, 2.75) is 12.4 Å². The van der Waals surface area contributed by atoms with Gasteiger partial charge in [-0.3, -0.25) is 9.59 Å². The maximum Gasteiger partial charge on any atom is 0.416 e. The van der Waals surface area contributed by atoms with Gasteiger partial charge < -0.3 is 20.9 Å². The predicted molar refractivity (Wildman–Crippen MR) is 136 cm³/mol. The van der Waals surface area contributed by atoms with E-state index < -0.39 is 52.3 Å². The molecule has 14 heteroatoms. The van der Waals surface area contributed by atoms with Crippen molar-refractivity contribution < 1.29 is 45.8 Å². The molecule has 2 amide bonds. The van der Waals surface area contributed by atoms with E-state index in [9.17, 15) is 41.0 Å². The molecule has 4 N–H and O–H groups in total. The molecule has 0 radical (unpaired) electrons. The summed E-state index contributed by atoms with van der Waals surface area (Å²) in [5.41, 5.74) is 0.573. The number of anilines is 1. The number of methoxy groups -OCH3 is 1.